The van der Waals surface area contributed by atoms with Crippen LogP contribution in [0.1, 0.15) is 31.9 Å². The van der Waals surface area contributed by atoms with Gasteiger partial charge in [-0.2, -0.15) is 0 Å². The number of hydrogen-bond donors (Lipinski definition) is 2. The van der Waals surface area contributed by atoms with E-state index in [1.165, 1.54) is 6.07 Å². The molecule has 0 unspecified atom stereocenters. The van der Waals surface area contributed by atoms with E-state index in [4.69, 9.17) is 5.11 Å². The number of benzene rings is 1. The zero-order valence-corrected chi connectivity index (χ0v) is 12.4. The van der Waals surface area contributed by atoms with E-state index in [0.29, 0.717) is 5.56 Å². The van der Waals surface area contributed by atoms with E-state index in [9.17, 15) is 8.42 Å². The largest absolute Gasteiger partial charge is 0.384 e. The maximum absolute atomic E-state index is 12.1. The second-order valence-corrected chi connectivity index (χ2v) is 6.97. The molecule has 19 heavy (non-hydrogen) atoms. The molecule has 104 valence electrons. The van der Waals surface area contributed by atoms with Crippen molar-refractivity contribution in [1.82, 2.24) is 4.72 Å². The molecule has 0 radical (unpaired) electrons. The first-order chi connectivity index (χ1) is 8.65. The molecule has 0 spiro atoms. The normalized spacial score (nSPS) is 11.8. The molecule has 0 aromatic heterocycles. The molecule has 0 saturated heterocycles. The predicted molar refractivity (Wildman–Crippen MR) is 75.2 cm³/mol. The van der Waals surface area contributed by atoms with Gasteiger partial charge in [-0.25, -0.2) is 13.1 Å². The fourth-order valence-corrected chi connectivity index (χ4v) is 3.04. The smallest absolute Gasteiger partial charge is 0.241 e. The summed E-state index contributed by atoms with van der Waals surface area (Å²) in [5, 5.41) is 8.65. The summed E-state index contributed by atoms with van der Waals surface area (Å²) >= 11 is 0. The minimum atomic E-state index is -3.53. The van der Waals surface area contributed by atoms with Gasteiger partial charge < -0.3 is 5.11 Å². The van der Waals surface area contributed by atoms with Gasteiger partial charge in [0, 0.05) is 11.1 Å². The van der Waals surface area contributed by atoms with E-state index >= 15 is 0 Å². The summed E-state index contributed by atoms with van der Waals surface area (Å²) in [4.78, 5) is 0.217. The maximum Gasteiger partial charge on any atom is 0.241 e. The molecule has 0 aliphatic heterocycles. The Balaban J connectivity index is 3.14. The molecule has 0 aliphatic rings. The minimum Gasteiger partial charge on any atom is -0.384 e. The summed E-state index contributed by atoms with van der Waals surface area (Å²) in [7, 11) is -3.53. The molecule has 1 aromatic carbocycles. The van der Waals surface area contributed by atoms with Crippen LogP contribution >= 0.6 is 0 Å². The van der Waals surface area contributed by atoms with Crippen LogP contribution in [0.3, 0.4) is 0 Å². The number of aliphatic hydroxyl groups excluding tert-OH is 1. The Hall–Kier alpha value is -1.35. The van der Waals surface area contributed by atoms with Crippen LogP contribution in [-0.4, -0.2) is 25.7 Å². The van der Waals surface area contributed by atoms with Gasteiger partial charge in [-0.15, -0.1) is 0 Å². The number of rotatable bonds is 2. The predicted octanol–water partition coefficient (Wildman–Crippen LogP) is 1.42. The highest BCUT2D eigenvalue weighted by molar-refractivity contribution is 7.89. The number of nitrogens with one attached hydrogen (secondary N) is 1. The van der Waals surface area contributed by atoms with Crippen LogP contribution in [0.4, 0.5) is 0 Å². The lowest BCUT2D eigenvalue weighted by Gasteiger charge is -2.20. The van der Waals surface area contributed by atoms with Crippen LogP contribution < -0.4 is 4.72 Å². The fraction of sp³-hybridized carbons (Fsp3) is 0.429. The van der Waals surface area contributed by atoms with Crippen LogP contribution in [0.5, 0.6) is 0 Å². The Labute approximate surface area is 114 Å². The summed E-state index contributed by atoms with van der Waals surface area (Å²) in [6.45, 7) is 6.94. The maximum atomic E-state index is 12.1. The molecule has 0 fully saturated rings. The Bertz CT molecular complexity index is 616. The summed E-state index contributed by atoms with van der Waals surface area (Å²) in [5.41, 5.74) is 0.948. The quantitative estimate of drug-likeness (QED) is 0.806. The lowest BCUT2D eigenvalue weighted by Crippen LogP contribution is -2.40. The first-order valence-corrected chi connectivity index (χ1v) is 7.38. The van der Waals surface area contributed by atoms with Crippen LogP contribution in [0.15, 0.2) is 23.1 Å². The zero-order chi connectivity index (χ0) is 14.7. The zero-order valence-electron chi connectivity index (χ0n) is 11.6. The lowest BCUT2D eigenvalue weighted by atomic mass is 10.1. The Morgan fingerprint density at radius 2 is 1.95 bits per heavy atom. The van der Waals surface area contributed by atoms with Gasteiger partial charge >= 0.3 is 0 Å². The van der Waals surface area contributed by atoms with Gasteiger partial charge in [-0.3, -0.25) is 0 Å². The molecule has 0 atom stereocenters. The molecule has 4 nitrogen and oxygen atoms in total. The summed E-state index contributed by atoms with van der Waals surface area (Å²) in [6, 6.07) is 4.74. The molecule has 1 aromatic rings. The SMILES string of the molecule is Cc1cc(S(=O)(=O)NC(C)(C)C)ccc1C#CCO. The topological polar surface area (TPSA) is 66.4 Å². The molecular weight excluding hydrogens is 262 g/mol. The molecule has 1 rings (SSSR count). The van der Waals surface area contributed by atoms with Crippen molar-refractivity contribution < 1.29 is 13.5 Å². The summed E-state index contributed by atoms with van der Waals surface area (Å²) < 4.78 is 26.9. The summed E-state index contributed by atoms with van der Waals surface area (Å²) in [6.07, 6.45) is 0. The van der Waals surface area contributed by atoms with E-state index in [0.717, 1.165) is 5.56 Å². The van der Waals surface area contributed by atoms with Crippen molar-refractivity contribution in [1.29, 1.82) is 0 Å². The van der Waals surface area contributed by atoms with Crippen molar-refractivity contribution in [3.8, 4) is 11.8 Å². The van der Waals surface area contributed by atoms with Crippen molar-refractivity contribution in [2.75, 3.05) is 6.61 Å². The molecule has 0 bridgehead atoms. The highest BCUT2D eigenvalue weighted by Gasteiger charge is 2.22. The number of hydrogen-bond acceptors (Lipinski definition) is 3. The average Bonchev–Trinajstić information content (AvgIpc) is 2.24. The van der Waals surface area contributed by atoms with E-state index in [-0.39, 0.29) is 11.5 Å². The van der Waals surface area contributed by atoms with Crippen molar-refractivity contribution in [2.45, 2.75) is 38.1 Å². The van der Waals surface area contributed by atoms with Crippen LogP contribution in [0.25, 0.3) is 0 Å². The number of aryl methyl sites for hydroxylation is 1. The Kier molecular flexibility index (Phi) is 4.75. The van der Waals surface area contributed by atoms with Crippen molar-refractivity contribution in [2.24, 2.45) is 0 Å². The van der Waals surface area contributed by atoms with E-state index in [1.54, 1.807) is 39.8 Å². The van der Waals surface area contributed by atoms with Crippen LogP contribution in [-0.2, 0) is 10.0 Å². The van der Waals surface area contributed by atoms with Gasteiger partial charge in [0.25, 0.3) is 0 Å². The standard InChI is InChI=1S/C14H19NO3S/c1-11-10-13(8-7-12(11)6-5-9-16)19(17,18)15-14(2,3)4/h7-8,10,15-16H,9H2,1-4H3. The number of aliphatic hydroxyl groups is 1. The molecule has 0 heterocycles. The first-order valence-electron chi connectivity index (χ1n) is 5.90. The first kappa shape index (κ1) is 15.7. The Morgan fingerprint density at radius 1 is 1.32 bits per heavy atom. The molecular formula is C14H19NO3S. The third-order valence-corrected chi connectivity index (χ3v) is 4.01. The van der Waals surface area contributed by atoms with Crippen LogP contribution in [0.2, 0.25) is 0 Å². The van der Waals surface area contributed by atoms with Crippen molar-refractivity contribution >= 4 is 10.0 Å². The second kappa shape index (κ2) is 5.74. The van der Waals surface area contributed by atoms with E-state index in [2.05, 4.69) is 16.6 Å². The van der Waals surface area contributed by atoms with Gasteiger partial charge in [-0.1, -0.05) is 11.8 Å². The molecule has 0 aliphatic carbocycles. The number of sulfonamides is 1. The second-order valence-electron chi connectivity index (χ2n) is 5.29. The van der Waals surface area contributed by atoms with Gasteiger partial charge in [0.05, 0.1) is 4.90 Å². The third-order valence-electron chi connectivity index (χ3n) is 2.25. The van der Waals surface area contributed by atoms with Gasteiger partial charge in [-0.05, 0) is 51.5 Å². The van der Waals surface area contributed by atoms with Crippen molar-refractivity contribution in [3.63, 3.8) is 0 Å². The molecule has 5 heteroatoms. The lowest BCUT2D eigenvalue weighted by molar-refractivity contribution is 0.350. The van der Waals surface area contributed by atoms with Crippen LogP contribution in [0, 0.1) is 18.8 Å². The van der Waals surface area contributed by atoms with E-state index in [1.807, 2.05) is 0 Å². The molecule has 0 amide bonds. The van der Waals surface area contributed by atoms with E-state index < -0.39 is 15.6 Å². The van der Waals surface area contributed by atoms with Gasteiger partial charge in [0.2, 0.25) is 10.0 Å². The Morgan fingerprint density at radius 3 is 2.42 bits per heavy atom. The summed E-state index contributed by atoms with van der Waals surface area (Å²) in [5.74, 6) is 5.32. The monoisotopic (exact) mass is 281 g/mol. The molecule has 0 saturated carbocycles. The highest BCUT2D eigenvalue weighted by atomic mass is 32.2. The van der Waals surface area contributed by atoms with Gasteiger partial charge in [0.1, 0.15) is 6.61 Å². The third kappa shape index (κ3) is 4.67. The highest BCUT2D eigenvalue weighted by Crippen LogP contribution is 2.16. The van der Waals surface area contributed by atoms with Gasteiger partial charge in [0.15, 0.2) is 0 Å². The minimum absolute atomic E-state index is 0.217. The fourth-order valence-electron chi connectivity index (χ4n) is 1.54. The van der Waals surface area contributed by atoms with Crippen molar-refractivity contribution in [3.05, 3.63) is 29.3 Å². The molecule has 2 N–H and O–H groups in total. The average molecular weight is 281 g/mol.